The van der Waals surface area contributed by atoms with Crippen LogP contribution >= 0.6 is 0 Å². The highest BCUT2D eigenvalue weighted by Crippen LogP contribution is 2.36. The average Bonchev–Trinajstić information content (AvgIpc) is 2.55. The van der Waals surface area contributed by atoms with Crippen LogP contribution in [0.1, 0.15) is 71.1 Å². The van der Waals surface area contributed by atoms with Crippen molar-refractivity contribution in [3.05, 3.63) is 24.3 Å². The third kappa shape index (κ3) is 5.90. The zero-order valence-corrected chi connectivity index (χ0v) is 14.1. The molecule has 0 heterocycles. The Hall–Kier alpha value is -1.18. The molecule has 2 atom stereocenters. The lowest BCUT2D eigenvalue weighted by Crippen LogP contribution is -2.20. The fourth-order valence-corrected chi connectivity index (χ4v) is 3.78. The standard InChI is InChI=1S/C20H32O2/c1-2-3-4-8-17-9-5-6-10-18(17)11-7-16-22-20-14-12-19(21)13-15-20/h12-15,17-18,21H,2-11,16H2,1H3. The lowest BCUT2D eigenvalue weighted by Gasteiger charge is -2.31. The van der Waals surface area contributed by atoms with Crippen LogP contribution in [0, 0.1) is 11.8 Å². The molecule has 2 rings (SSSR count). The Morgan fingerprint density at radius 2 is 1.59 bits per heavy atom. The van der Waals surface area contributed by atoms with E-state index in [0.717, 1.165) is 30.6 Å². The molecule has 2 nitrogen and oxygen atoms in total. The summed E-state index contributed by atoms with van der Waals surface area (Å²) in [6.07, 6.45) is 13.8. The first-order valence-electron chi connectivity index (χ1n) is 9.21. The predicted octanol–water partition coefficient (Wildman–Crippen LogP) is 5.94. The number of phenolic OH excluding ortho intramolecular Hbond substituents is 1. The monoisotopic (exact) mass is 304 g/mol. The first-order valence-corrected chi connectivity index (χ1v) is 9.21. The normalized spacial score (nSPS) is 21.7. The van der Waals surface area contributed by atoms with Crippen molar-refractivity contribution in [2.45, 2.75) is 71.1 Å². The van der Waals surface area contributed by atoms with Gasteiger partial charge in [0.15, 0.2) is 0 Å². The van der Waals surface area contributed by atoms with Gasteiger partial charge in [0.1, 0.15) is 11.5 Å². The molecule has 124 valence electrons. The fraction of sp³-hybridized carbons (Fsp3) is 0.700. The molecule has 0 radical (unpaired) electrons. The third-order valence-corrected chi connectivity index (χ3v) is 5.07. The number of benzene rings is 1. The van der Waals surface area contributed by atoms with E-state index in [9.17, 15) is 5.11 Å². The molecule has 1 saturated carbocycles. The van der Waals surface area contributed by atoms with E-state index in [4.69, 9.17) is 4.74 Å². The molecule has 0 saturated heterocycles. The predicted molar refractivity (Wildman–Crippen MR) is 92.4 cm³/mol. The second-order valence-corrected chi connectivity index (χ2v) is 6.78. The molecule has 0 aliphatic heterocycles. The highest BCUT2D eigenvalue weighted by atomic mass is 16.5. The zero-order chi connectivity index (χ0) is 15.6. The van der Waals surface area contributed by atoms with Crippen molar-refractivity contribution in [3.8, 4) is 11.5 Å². The van der Waals surface area contributed by atoms with Crippen molar-refractivity contribution in [3.63, 3.8) is 0 Å². The molecule has 0 amide bonds. The van der Waals surface area contributed by atoms with E-state index >= 15 is 0 Å². The van der Waals surface area contributed by atoms with Gasteiger partial charge in [0.05, 0.1) is 6.61 Å². The van der Waals surface area contributed by atoms with E-state index < -0.39 is 0 Å². The van der Waals surface area contributed by atoms with Crippen LogP contribution in [0.4, 0.5) is 0 Å². The molecule has 1 aromatic rings. The van der Waals surface area contributed by atoms with E-state index in [0.29, 0.717) is 5.75 Å². The number of aromatic hydroxyl groups is 1. The first kappa shape index (κ1) is 17.2. The van der Waals surface area contributed by atoms with Crippen molar-refractivity contribution >= 4 is 0 Å². The van der Waals surface area contributed by atoms with Crippen LogP contribution in [0.5, 0.6) is 11.5 Å². The summed E-state index contributed by atoms with van der Waals surface area (Å²) in [5.41, 5.74) is 0. The highest BCUT2D eigenvalue weighted by molar-refractivity contribution is 5.29. The van der Waals surface area contributed by atoms with Crippen LogP contribution in [-0.4, -0.2) is 11.7 Å². The molecule has 0 aromatic heterocycles. The van der Waals surface area contributed by atoms with Crippen molar-refractivity contribution < 1.29 is 9.84 Å². The molecular formula is C20H32O2. The quantitative estimate of drug-likeness (QED) is 0.572. The van der Waals surface area contributed by atoms with Gasteiger partial charge in [-0.3, -0.25) is 0 Å². The summed E-state index contributed by atoms with van der Waals surface area (Å²) in [4.78, 5) is 0. The van der Waals surface area contributed by atoms with Crippen molar-refractivity contribution in [1.29, 1.82) is 0 Å². The van der Waals surface area contributed by atoms with Crippen LogP contribution < -0.4 is 4.74 Å². The van der Waals surface area contributed by atoms with Crippen LogP contribution in [0.15, 0.2) is 24.3 Å². The average molecular weight is 304 g/mol. The second-order valence-electron chi connectivity index (χ2n) is 6.78. The van der Waals surface area contributed by atoms with E-state index in [1.807, 2.05) is 12.1 Å². The molecule has 0 bridgehead atoms. The lowest BCUT2D eigenvalue weighted by molar-refractivity contribution is 0.190. The van der Waals surface area contributed by atoms with Gasteiger partial charge in [0.2, 0.25) is 0 Å². The van der Waals surface area contributed by atoms with Gasteiger partial charge in [0.25, 0.3) is 0 Å². The molecule has 2 heteroatoms. The molecule has 2 unspecified atom stereocenters. The summed E-state index contributed by atoms with van der Waals surface area (Å²) in [5, 5.41) is 9.26. The maximum Gasteiger partial charge on any atom is 0.119 e. The fourth-order valence-electron chi connectivity index (χ4n) is 3.78. The molecule has 0 spiro atoms. The minimum Gasteiger partial charge on any atom is -0.508 e. The molecule has 1 aliphatic carbocycles. The number of phenols is 1. The molecule has 1 aliphatic rings. The third-order valence-electron chi connectivity index (χ3n) is 5.07. The van der Waals surface area contributed by atoms with E-state index in [1.165, 1.54) is 57.8 Å². The topological polar surface area (TPSA) is 29.5 Å². The number of hydrogen-bond acceptors (Lipinski definition) is 2. The Labute approximate surface area is 135 Å². The minimum atomic E-state index is 0.296. The van der Waals surface area contributed by atoms with Crippen molar-refractivity contribution in [2.75, 3.05) is 6.61 Å². The van der Waals surface area contributed by atoms with Crippen molar-refractivity contribution in [2.24, 2.45) is 11.8 Å². The van der Waals surface area contributed by atoms with Gasteiger partial charge < -0.3 is 9.84 Å². The molecule has 1 fully saturated rings. The maximum absolute atomic E-state index is 9.26. The van der Waals surface area contributed by atoms with Gasteiger partial charge in [-0.1, -0.05) is 58.3 Å². The zero-order valence-electron chi connectivity index (χ0n) is 14.1. The Morgan fingerprint density at radius 1 is 0.955 bits per heavy atom. The second kappa shape index (κ2) is 9.76. The smallest absolute Gasteiger partial charge is 0.119 e. The maximum atomic E-state index is 9.26. The Bertz CT molecular complexity index is 399. The Morgan fingerprint density at radius 3 is 2.23 bits per heavy atom. The van der Waals surface area contributed by atoms with Crippen molar-refractivity contribution in [1.82, 2.24) is 0 Å². The number of unbranched alkanes of at least 4 members (excludes halogenated alkanes) is 2. The van der Waals surface area contributed by atoms with Crippen LogP contribution in [-0.2, 0) is 0 Å². The van der Waals surface area contributed by atoms with Crippen LogP contribution in [0.2, 0.25) is 0 Å². The lowest BCUT2D eigenvalue weighted by atomic mass is 9.74. The van der Waals surface area contributed by atoms with Gasteiger partial charge in [-0.15, -0.1) is 0 Å². The molecule has 1 N–H and O–H groups in total. The summed E-state index contributed by atoms with van der Waals surface area (Å²) in [6, 6.07) is 7.04. The van der Waals surface area contributed by atoms with Crippen LogP contribution in [0.3, 0.4) is 0 Å². The number of rotatable bonds is 9. The van der Waals surface area contributed by atoms with Gasteiger partial charge in [-0.05, 0) is 48.9 Å². The SMILES string of the molecule is CCCCCC1CCCCC1CCCOc1ccc(O)cc1. The summed E-state index contributed by atoms with van der Waals surface area (Å²) >= 11 is 0. The molecule has 22 heavy (non-hydrogen) atoms. The van der Waals surface area contributed by atoms with Crippen LogP contribution in [0.25, 0.3) is 0 Å². The number of ether oxygens (including phenoxy) is 1. The Kier molecular flexibility index (Phi) is 7.62. The highest BCUT2D eigenvalue weighted by Gasteiger charge is 2.24. The van der Waals surface area contributed by atoms with Gasteiger partial charge in [0, 0.05) is 0 Å². The van der Waals surface area contributed by atoms with E-state index in [1.54, 1.807) is 12.1 Å². The summed E-state index contributed by atoms with van der Waals surface area (Å²) in [6.45, 7) is 3.09. The van der Waals surface area contributed by atoms with E-state index in [-0.39, 0.29) is 0 Å². The van der Waals surface area contributed by atoms with E-state index in [2.05, 4.69) is 6.92 Å². The minimum absolute atomic E-state index is 0.296. The van der Waals surface area contributed by atoms with Gasteiger partial charge in [-0.25, -0.2) is 0 Å². The Balaban J connectivity index is 1.66. The summed E-state index contributed by atoms with van der Waals surface area (Å²) in [7, 11) is 0. The van der Waals surface area contributed by atoms with Gasteiger partial charge >= 0.3 is 0 Å². The molecule has 1 aromatic carbocycles. The van der Waals surface area contributed by atoms with Gasteiger partial charge in [-0.2, -0.15) is 0 Å². The largest absolute Gasteiger partial charge is 0.508 e. The summed E-state index contributed by atoms with van der Waals surface area (Å²) in [5.74, 6) is 3.05. The summed E-state index contributed by atoms with van der Waals surface area (Å²) < 4.78 is 5.77. The molecular weight excluding hydrogens is 272 g/mol. The number of hydrogen-bond donors (Lipinski definition) is 1. The first-order chi connectivity index (χ1) is 10.8.